The van der Waals surface area contributed by atoms with Crippen LogP contribution < -0.4 is 10.3 Å². The second-order valence-electron chi connectivity index (χ2n) is 4.95. The Hall–Kier alpha value is -1.92. The summed E-state index contributed by atoms with van der Waals surface area (Å²) in [6.07, 6.45) is 1.48. The fraction of sp³-hybridized carbons (Fsp3) is 0.250. The van der Waals surface area contributed by atoms with Gasteiger partial charge >= 0.3 is 0 Å². The van der Waals surface area contributed by atoms with Crippen LogP contribution in [0.3, 0.4) is 0 Å². The smallest absolute Gasteiger partial charge is 0.250 e. The molecule has 1 amide bonds. The molecular weight excluding hydrogens is 334 g/mol. The predicted octanol–water partition coefficient (Wildman–Crippen LogP) is 3.38. The van der Waals surface area contributed by atoms with Gasteiger partial charge in [-0.3, -0.25) is 4.79 Å². The van der Waals surface area contributed by atoms with Crippen LogP contribution in [0.1, 0.15) is 11.3 Å². The van der Waals surface area contributed by atoms with Gasteiger partial charge < -0.3 is 9.32 Å². The predicted molar refractivity (Wildman–Crippen MR) is 96.4 cm³/mol. The average molecular weight is 352 g/mol. The largest absolute Gasteiger partial charge is 0.440 e. The molecule has 0 aliphatic rings. The number of amides is 1. The number of rotatable bonds is 7. The number of benzene rings is 1. The van der Waals surface area contributed by atoms with Gasteiger partial charge in [0.2, 0.25) is 5.91 Å². The van der Waals surface area contributed by atoms with Crippen LogP contribution in [0.25, 0.3) is 0 Å². The maximum Gasteiger partial charge on any atom is 0.250 e. The molecule has 0 bridgehead atoms. The van der Waals surface area contributed by atoms with Crippen LogP contribution in [-0.2, 0) is 10.5 Å². The van der Waals surface area contributed by atoms with Crippen LogP contribution in [0.4, 0.5) is 5.88 Å². The van der Waals surface area contributed by atoms with Crippen LogP contribution in [0.5, 0.6) is 0 Å². The van der Waals surface area contributed by atoms with Gasteiger partial charge in [0.05, 0.1) is 12.0 Å². The first-order valence-corrected chi connectivity index (χ1v) is 8.50. The third-order valence-corrected chi connectivity index (χ3v) is 4.23. The van der Waals surface area contributed by atoms with Gasteiger partial charge in [0.1, 0.15) is 5.76 Å². The second kappa shape index (κ2) is 8.64. The van der Waals surface area contributed by atoms with E-state index in [4.69, 9.17) is 16.0 Å². The summed E-state index contributed by atoms with van der Waals surface area (Å²) in [5.41, 5.74) is 3.49. The van der Waals surface area contributed by atoms with E-state index in [1.165, 1.54) is 18.0 Å². The van der Waals surface area contributed by atoms with E-state index in [-0.39, 0.29) is 5.91 Å². The molecule has 0 saturated carbocycles. The van der Waals surface area contributed by atoms with Crippen molar-refractivity contribution in [1.82, 2.24) is 5.43 Å². The monoisotopic (exact) mass is 351 g/mol. The Kier molecular flexibility index (Phi) is 6.55. The number of anilines is 1. The zero-order valence-corrected chi connectivity index (χ0v) is 14.5. The average Bonchev–Trinajstić information content (AvgIpc) is 2.98. The topological polar surface area (TPSA) is 57.8 Å². The molecule has 0 spiro atoms. The standard InChI is InChI=1S/C16H18ClN3O2S/c1-20(2)16-8-7-13(22-16)9-18-19-15(21)11-23-10-12-5-3-4-6-14(12)17/h3-9H,10-11H2,1-2H3,(H,19,21)/b18-9-. The zero-order valence-electron chi connectivity index (χ0n) is 13.0. The summed E-state index contributed by atoms with van der Waals surface area (Å²) in [7, 11) is 3.77. The van der Waals surface area contributed by atoms with E-state index in [1.54, 1.807) is 6.07 Å². The van der Waals surface area contributed by atoms with Gasteiger partial charge in [0, 0.05) is 30.9 Å². The summed E-state index contributed by atoms with van der Waals surface area (Å²) < 4.78 is 5.48. The number of hydrazone groups is 1. The molecule has 2 aromatic rings. The van der Waals surface area contributed by atoms with Gasteiger partial charge in [-0.25, -0.2) is 5.43 Å². The molecule has 1 N–H and O–H groups in total. The number of carbonyl (C=O) groups excluding carboxylic acids is 1. The lowest BCUT2D eigenvalue weighted by atomic mass is 10.2. The molecule has 1 aromatic carbocycles. The molecule has 1 aromatic heterocycles. The van der Waals surface area contributed by atoms with Crippen molar-refractivity contribution < 1.29 is 9.21 Å². The quantitative estimate of drug-likeness (QED) is 0.613. The van der Waals surface area contributed by atoms with Gasteiger partial charge in [0.25, 0.3) is 0 Å². The van der Waals surface area contributed by atoms with E-state index in [0.717, 1.165) is 11.4 Å². The molecular formula is C16H18ClN3O2S. The lowest BCUT2D eigenvalue weighted by molar-refractivity contribution is -0.118. The molecule has 0 saturated heterocycles. The number of thioether (sulfide) groups is 1. The van der Waals surface area contributed by atoms with E-state index >= 15 is 0 Å². The van der Waals surface area contributed by atoms with Crippen LogP contribution in [0.2, 0.25) is 5.02 Å². The highest BCUT2D eigenvalue weighted by atomic mass is 35.5. The molecule has 1 heterocycles. The molecule has 0 fully saturated rings. The van der Waals surface area contributed by atoms with Crippen LogP contribution in [0, 0.1) is 0 Å². The number of halogens is 1. The molecule has 7 heteroatoms. The Bertz CT molecular complexity index is 685. The number of furan rings is 1. The summed E-state index contributed by atoms with van der Waals surface area (Å²) in [5.74, 6) is 2.13. The SMILES string of the molecule is CN(C)c1ccc(/C=N\NC(=O)CSCc2ccccc2Cl)o1. The van der Waals surface area contributed by atoms with Gasteiger partial charge in [-0.05, 0) is 17.7 Å². The van der Waals surface area contributed by atoms with E-state index in [2.05, 4.69) is 10.5 Å². The van der Waals surface area contributed by atoms with Gasteiger partial charge in [-0.15, -0.1) is 11.8 Å². The summed E-state index contributed by atoms with van der Waals surface area (Å²) >= 11 is 7.55. The van der Waals surface area contributed by atoms with E-state index < -0.39 is 0 Å². The van der Waals surface area contributed by atoms with Crippen molar-refractivity contribution in [2.75, 3.05) is 24.7 Å². The Morgan fingerprint density at radius 2 is 2.13 bits per heavy atom. The van der Waals surface area contributed by atoms with E-state index in [1.807, 2.05) is 49.3 Å². The van der Waals surface area contributed by atoms with E-state index in [9.17, 15) is 4.79 Å². The Labute approximate surface area is 144 Å². The van der Waals surface area contributed by atoms with Gasteiger partial charge in [0.15, 0.2) is 5.88 Å². The molecule has 122 valence electrons. The minimum absolute atomic E-state index is 0.169. The lowest BCUT2D eigenvalue weighted by Crippen LogP contribution is -2.19. The normalized spacial score (nSPS) is 10.9. The molecule has 0 unspecified atom stereocenters. The Balaban J connectivity index is 1.72. The first kappa shape index (κ1) is 17.4. The molecule has 0 aliphatic carbocycles. The summed E-state index contributed by atoms with van der Waals surface area (Å²) in [5, 5.41) is 4.60. The minimum atomic E-state index is -0.169. The Morgan fingerprint density at radius 3 is 2.83 bits per heavy atom. The van der Waals surface area contributed by atoms with Crippen molar-refractivity contribution in [3.63, 3.8) is 0 Å². The summed E-state index contributed by atoms with van der Waals surface area (Å²) in [6.45, 7) is 0. The van der Waals surface area contributed by atoms with Crippen molar-refractivity contribution in [3.05, 3.63) is 52.7 Å². The fourth-order valence-corrected chi connectivity index (χ4v) is 2.83. The highest BCUT2D eigenvalue weighted by molar-refractivity contribution is 7.99. The Morgan fingerprint density at radius 1 is 1.35 bits per heavy atom. The van der Waals surface area contributed by atoms with Gasteiger partial charge in [-0.1, -0.05) is 29.8 Å². The number of hydrogen-bond acceptors (Lipinski definition) is 5. The van der Waals surface area contributed by atoms with Crippen LogP contribution in [0.15, 0.2) is 45.9 Å². The molecule has 23 heavy (non-hydrogen) atoms. The molecule has 2 rings (SSSR count). The summed E-state index contributed by atoms with van der Waals surface area (Å²) in [4.78, 5) is 13.6. The van der Waals surface area contributed by atoms with Crippen molar-refractivity contribution in [1.29, 1.82) is 0 Å². The first-order valence-electron chi connectivity index (χ1n) is 6.96. The molecule has 5 nitrogen and oxygen atoms in total. The maximum absolute atomic E-state index is 11.7. The second-order valence-corrected chi connectivity index (χ2v) is 6.34. The highest BCUT2D eigenvalue weighted by Crippen LogP contribution is 2.20. The van der Waals surface area contributed by atoms with Crippen molar-refractivity contribution >= 4 is 41.4 Å². The number of hydrogen-bond donors (Lipinski definition) is 1. The zero-order chi connectivity index (χ0) is 16.7. The minimum Gasteiger partial charge on any atom is -0.440 e. The summed E-state index contributed by atoms with van der Waals surface area (Å²) in [6, 6.07) is 11.2. The molecule has 0 radical (unpaired) electrons. The third-order valence-electron chi connectivity index (χ3n) is 2.88. The number of nitrogens with one attached hydrogen (secondary N) is 1. The molecule has 0 aliphatic heterocycles. The highest BCUT2D eigenvalue weighted by Gasteiger charge is 2.04. The van der Waals surface area contributed by atoms with Crippen LogP contribution >= 0.6 is 23.4 Å². The van der Waals surface area contributed by atoms with E-state index in [0.29, 0.717) is 22.3 Å². The third kappa shape index (κ3) is 5.65. The van der Waals surface area contributed by atoms with Crippen molar-refractivity contribution in [2.45, 2.75) is 5.75 Å². The van der Waals surface area contributed by atoms with Gasteiger partial charge in [-0.2, -0.15) is 5.10 Å². The molecule has 0 atom stereocenters. The first-order chi connectivity index (χ1) is 11.1. The van der Waals surface area contributed by atoms with Crippen molar-refractivity contribution in [2.24, 2.45) is 5.10 Å². The van der Waals surface area contributed by atoms with Crippen molar-refractivity contribution in [3.8, 4) is 0 Å². The fourth-order valence-electron chi connectivity index (χ4n) is 1.72. The number of carbonyl (C=O) groups is 1. The maximum atomic E-state index is 11.7. The number of nitrogens with zero attached hydrogens (tertiary/aromatic N) is 2. The lowest BCUT2D eigenvalue weighted by Gasteiger charge is -2.05. The van der Waals surface area contributed by atoms with Crippen LogP contribution in [-0.4, -0.2) is 32.0 Å².